The SMILES string of the molecule is COCCN1C(=O)S/C(=C/c2cc(Br)c(O)c(I)c2)C1=O. The van der Waals surface area contributed by atoms with Gasteiger partial charge in [-0.2, -0.15) is 0 Å². The average molecular weight is 484 g/mol. The molecule has 1 heterocycles. The summed E-state index contributed by atoms with van der Waals surface area (Å²) in [6, 6.07) is 3.43. The second-order valence-corrected chi connectivity index (χ2v) is 7.17. The molecule has 1 aliphatic heterocycles. The highest BCUT2D eigenvalue weighted by atomic mass is 127. The zero-order chi connectivity index (χ0) is 15.6. The molecule has 21 heavy (non-hydrogen) atoms. The minimum absolute atomic E-state index is 0.154. The molecule has 0 aromatic heterocycles. The molecule has 0 bridgehead atoms. The topological polar surface area (TPSA) is 66.8 Å². The number of rotatable bonds is 4. The van der Waals surface area contributed by atoms with Crippen LogP contribution in [0.5, 0.6) is 5.75 Å². The first-order valence-electron chi connectivity index (χ1n) is 5.86. The number of phenols is 1. The first-order valence-corrected chi connectivity index (χ1v) is 8.55. The number of hydrogen-bond acceptors (Lipinski definition) is 5. The first kappa shape index (κ1) is 16.8. The lowest BCUT2D eigenvalue weighted by molar-refractivity contribution is -0.123. The van der Waals surface area contributed by atoms with Crippen LogP contribution in [0.2, 0.25) is 0 Å². The van der Waals surface area contributed by atoms with Crippen LogP contribution in [0.1, 0.15) is 5.56 Å². The van der Waals surface area contributed by atoms with Crippen LogP contribution < -0.4 is 0 Å². The Kier molecular flexibility index (Phi) is 5.69. The number of nitrogens with zero attached hydrogens (tertiary/aromatic N) is 1. The number of benzene rings is 1. The van der Waals surface area contributed by atoms with Crippen LogP contribution >= 0.6 is 50.3 Å². The summed E-state index contributed by atoms with van der Waals surface area (Å²) in [7, 11) is 1.52. The third-order valence-corrected chi connectivity index (χ3v) is 5.06. The summed E-state index contributed by atoms with van der Waals surface area (Å²) in [5.74, 6) is -0.165. The van der Waals surface area contributed by atoms with Crippen molar-refractivity contribution in [3.05, 3.63) is 30.6 Å². The van der Waals surface area contributed by atoms with Gasteiger partial charge in [0.05, 0.1) is 26.1 Å². The van der Waals surface area contributed by atoms with Crippen molar-refractivity contribution in [2.45, 2.75) is 0 Å². The Balaban J connectivity index is 2.26. The lowest BCUT2D eigenvalue weighted by Crippen LogP contribution is -2.31. The molecule has 0 saturated carbocycles. The van der Waals surface area contributed by atoms with Crippen LogP contribution in [-0.2, 0) is 9.53 Å². The van der Waals surface area contributed by atoms with Crippen LogP contribution in [0.4, 0.5) is 4.79 Å². The third kappa shape index (κ3) is 3.79. The van der Waals surface area contributed by atoms with Crippen molar-refractivity contribution in [3.8, 4) is 5.75 Å². The average Bonchev–Trinajstić information content (AvgIpc) is 2.69. The van der Waals surface area contributed by atoms with E-state index in [2.05, 4.69) is 15.9 Å². The highest BCUT2D eigenvalue weighted by Crippen LogP contribution is 2.35. The van der Waals surface area contributed by atoms with Crippen molar-refractivity contribution in [2.75, 3.05) is 20.3 Å². The van der Waals surface area contributed by atoms with Crippen LogP contribution in [0.3, 0.4) is 0 Å². The summed E-state index contributed by atoms with van der Waals surface area (Å²) in [5, 5.41) is 9.41. The number of halogens is 2. The zero-order valence-electron chi connectivity index (χ0n) is 10.9. The summed E-state index contributed by atoms with van der Waals surface area (Å²) in [4.78, 5) is 25.5. The lowest BCUT2D eigenvalue weighted by Gasteiger charge is -2.10. The molecule has 8 heteroatoms. The number of methoxy groups -OCH3 is 1. The largest absolute Gasteiger partial charge is 0.506 e. The van der Waals surface area contributed by atoms with Gasteiger partial charge in [0.2, 0.25) is 0 Å². The van der Waals surface area contributed by atoms with Crippen molar-refractivity contribution in [1.29, 1.82) is 0 Å². The number of aromatic hydroxyl groups is 1. The fraction of sp³-hybridized carbons (Fsp3) is 0.231. The predicted octanol–water partition coefficient (Wildman–Crippen LogP) is 3.44. The van der Waals surface area contributed by atoms with Crippen LogP contribution in [0.25, 0.3) is 6.08 Å². The van der Waals surface area contributed by atoms with E-state index >= 15 is 0 Å². The molecule has 112 valence electrons. The number of carbonyl (C=O) groups excluding carboxylic acids is 2. The molecule has 1 saturated heterocycles. The molecule has 1 fully saturated rings. The normalized spacial score (nSPS) is 17.1. The minimum Gasteiger partial charge on any atom is -0.506 e. The second-order valence-electron chi connectivity index (χ2n) is 4.16. The zero-order valence-corrected chi connectivity index (χ0v) is 15.5. The lowest BCUT2D eigenvalue weighted by atomic mass is 10.2. The molecule has 0 spiro atoms. The van der Waals surface area contributed by atoms with E-state index in [-0.39, 0.29) is 23.4 Å². The number of hydrogen-bond donors (Lipinski definition) is 1. The molecule has 0 atom stereocenters. The van der Waals surface area contributed by atoms with E-state index in [1.165, 1.54) is 12.0 Å². The molecule has 1 aromatic rings. The summed E-state index contributed by atoms with van der Waals surface area (Å²) >= 11 is 6.15. The van der Waals surface area contributed by atoms with E-state index in [9.17, 15) is 14.7 Å². The van der Waals surface area contributed by atoms with E-state index in [0.29, 0.717) is 19.6 Å². The number of phenolic OH excluding ortho intramolecular Hbond substituents is 1. The van der Waals surface area contributed by atoms with Gasteiger partial charge in [-0.15, -0.1) is 0 Å². The molecular weight excluding hydrogens is 473 g/mol. The van der Waals surface area contributed by atoms with Crippen LogP contribution in [0.15, 0.2) is 21.5 Å². The predicted molar refractivity (Wildman–Crippen MR) is 93.1 cm³/mol. The van der Waals surface area contributed by atoms with Gasteiger partial charge >= 0.3 is 0 Å². The first-order chi connectivity index (χ1) is 9.93. The summed E-state index contributed by atoms with van der Waals surface area (Å²) < 4.78 is 6.09. The monoisotopic (exact) mass is 483 g/mol. The Bertz CT molecular complexity index is 612. The highest BCUT2D eigenvalue weighted by Gasteiger charge is 2.34. The van der Waals surface area contributed by atoms with Crippen LogP contribution in [0, 0.1) is 3.57 Å². The maximum Gasteiger partial charge on any atom is 0.293 e. The number of imide groups is 1. The summed E-state index contributed by atoms with van der Waals surface area (Å²) in [6.07, 6.45) is 1.64. The standard InChI is InChI=1S/C13H11BrINO4S/c1-20-3-2-16-12(18)10(21-13(16)19)6-7-4-8(14)11(17)9(15)5-7/h4-6,17H,2-3H2,1H3/b10-6+. The maximum atomic E-state index is 12.2. The van der Waals surface area contributed by atoms with Gasteiger partial charge in [-0.25, -0.2) is 0 Å². The fourth-order valence-electron chi connectivity index (χ4n) is 1.70. The highest BCUT2D eigenvalue weighted by molar-refractivity contribution is 14.1. The Morgan fingerprint density at radius 2 is 2.19 bits per heavy atom. The number of thioether (sulfide) groups is 1. The van der Waals surface area contributed by atoms with Crippen molar-refractivity contribution < 1.29 is 19.4 Å². The van der Waals surface area contributed by atoms with E-state index in [0.717, 1.165) is 17.3 Å². The summed E-state index contributed by atoms with van der Waals surface area (Å²) in [5.41, 5.74) is 0.737. The van der Waals surface area contributed by atoms with Crippen LogP contribution in [-0.4, -0.2) is 41.4 Å². The Labute approximate surface area is 148 Å². The van der Waals surface area contributed by atoms with Gasteiger partial charge in [-0.05, 0) is 74.1 Å². The Morgan fingerprint density at radius 1 is 1.48 bits per heavy atom. The molecule has 2 rings (SSSR count). The smallest absolute Gasteiger partial charge is 0.293 e. The minimum atomic E-state index is -0.318. The van der Waals surface area contributed by atoms with Crippen molar-refractivity contribution in [1.82, 2.24) is 4.90 Å². The van der Waals surface area contributed by atoms with E-state index in [1.54, 1.807) is 18.2 Å². The van der Waals surface area contributed by atoms with Crippen molar-refractivity contribution in [3.63, 3.8) is 0 Å². The second kappa shape index (κ2) is 7.12. The number of ether oxygens (including phenoxy) is 1. The molecule has 5 nitrogen and oxygen atoms in total. The van der Waals surface area contributed by atoms with Gasteiger partial charge in [0.15, 0.2) is 0 Å². The van der Waals surface area contributed by atoms with Crippen molar-refractivity contribution in [2.24, 2.45) is 0 Å². The molecule has 0 unspecified atom stereocenters. The van der Waals surface area contributed by atoms with Gasteiger partial charge in [-0.1, -0.05) is 0 Å². The summed E-state index contributed by atoms with van der Waals surface area (Å²) in [6.45, 7) is 0.559. The number of carbonyl (C=O) groups is 2. The van der Waals surface area contributed by atoms with Gasteiger partial charge in [-0.3, -0.25) is 14.5 Å². The molecule has 1 aromatic carbocycles. The van der Waals surface area contributed by atoms with E-state index in [4.69, 9.17) is 4.74 Å². The van der Waals surface area contributed by atoms with Gasteiger partial charge in [0.1, 0.15) is 5.75 Å². The Hall–Kier alpha value is -0.580. The quantitative estimate of drug-likeness (QED) is 0.525. The molecule has 2 amide bonds. The molecule has 0 aliphatic carbocycles. The third-order valence-electron chi connectivity index (χ3n) is 2.73. The van der Waals surface area contributed by atoms with Gasteiger partial charge < -0.3 is 9.84 Å². The van der Waals surface area contributed by atoms with Gasteiger partial charge in [0.25, 0.3) is 11.1 Å². The molecule has 1 aliphatic rings. The fourth-order valence-corrected chi connectivity index (χ4v) is 4.06. The maximum absolute atomic E-state index is 12.2. The number of amides is 2. The molecular formula is C13H11BrINO4S. The Morgan fingerprint density at radius 3 is 2.81 bits per heavy atom. The van der Waals surface area contributed by atoms with E-state index < -0.39 is 0 Å². The molecule has 1 N–H and O–H groups in total. The van der Waals surface area contributed by atoms with E-state index in [1.807, 2.05) is 22.6 Å². The van der Waals surface area contributed by atoms with Gasteiger partial charge in [0, 0.05) is 7.11 Å². The molecule has 0 radical (unpaired) electrons. The van der Waals surface area contributed by atoms with Crippen molar-refractivity contribution >= 4 is 67.5 Å².